The van der Waals surface area contributed by atoms with Crippen LogP contribution in [0.4, 0.5) is 0 Å². The Morgan fingerprint density at radius 3 is 3.15 bits per heavy atom. The van der Waals surface area contributed by atoms with E-state index in [9.17, 15) is 4.79 Å². The largest absolute Gasteiger partial charge is 0.451 e. The van der Waals surface area contributed by atoms with Crippen LogP contribution in [0.25, 0.3) is 11.0 Å². The zero-order valence-electron chi connectivity index (χ0n) is 11.1. The minimum absolute atomic E-state index is 0.136. The average molecular weight is 337 g/mol. The van der Waals surface area contributed by atoms with E-state index in [1.807, 2.05) is 18.2 Å². The quantitative estimate of drug-likeness (QED) is 0.906. The van der Waals surface area contributed by atoms with Crippen LogP contribution in [0.1, 0.15) is 23.4 Å². The van der Waals surface area contributed by atoms with Crippen molar-refractivity contribution in [2.24, 2.45) is 5.92 Å². The van der Waals surface area contributed by atoms with E-state index in [0.717, 1.165) is 28.5 Å². The molecular formula is C15H17BrN2O2. The number of nitrogens with one attached hydrogen (secondary N) is 2. The van der Waals surface area contributed by atoms with Crippen LogP contribution >= 0.6 is 15.9 Å². The molecule has 1 unspecified atom stereocenters. The second kappa shape index (κ2) is 5.97. The predicted molar refractivity (Wildman–Crippen MR) is 81.8 cm³/mol. The average Bonchev–Trinajstić information content (AvgIpc) is 2.89. The zero-order chi connectivity index (χ0) is 13.9. The first-order valence-electron chi connectivity index (χ1n) is 6.90. The van der Waals surface area contributed by atoms with Crippen LogP contribution < -0.4 is 10.6 Å². The van der Waals surface area contributed by atoms with E-state index in [0.29, 0.717) is 18.2 Å². The highest BCUT2D eigenvalue weighted by atomic mass is 79.9. The molecule has 0 radical (unpaired) electrons. The standard InChI is InChI=1S/C15H17BrN2O2/c16-12-3-4-13-11(6-12)7-14(20-13)15(19)18-9-10-2-1-5-17-8-10/h3-4,6-7,10,17H,1-2,5,8-9H2,(H,18,19). The van der Waals surface area contributed by atoms with Gasteiger partial charge in [0, 0.05) is 16.4 Å². The van der Waals surface area contributed by atoms with Crippen LogP contribution in [0.5, 0.6) is 0 Å². The van der Waals surface area contributed by atoms with Crippen molar-refractivity contribution in [3.8, 4) is 0 Å². The van der Waals surface area contributed by atoms with E-state index < -0.39 is 0 Å². The smallest absolute Gasteiger partial charge is 0.287 e. The first kappa shape index (κ1) is 13.6. The lowest BCUT2D eigenvalue weighted by atomic mass is 10.00. The van der Waals surface area contributed by atoms with Crippen LogP contribution in [0.2, 0.25) is 0 Å². The highest BCUT2D eigenvalue weighted by Gasteiger charge is 2.16. The van der Waals surface area contributed by atoms with Gasteiger partial charge in [-0.2, -0.15) is 0 Å². The SMILES string of the molecule is O=C(NCC1CCCNC1)c1cc2cc(Br)ccc2o1. The molecule has 106 valence electrons. The van der Waals surface area contributed by atoms with Gasteiger partial charge in [-0.15, -0.1) is 0 Å². The summed E-state index contributed by atoms with van der Waals surface area (Å²) in [5.41, 5.74) is 0.734. The summed E-state index contributed by atoms with van der Waals surface area (Å²) in [6.07, 6.45) is 2.35. The van der Waals surface area contributed by atoms with Gasteiger partial charge in [-0.05, 0) is 56.1 Å². The Bertz CT molecular complexity index is 617. The number of furan rings is 1. The lowest BCUT2D eigenvalue weighted by Gasteiger charge is -2.22. The highest BCUT2D eigenvalue weighted by Crippen LogP contribution is 2.23. The van der Waals surface area contributed by atoms with Crippen LogP contribution in [0.3, 0.4) is 0 Å². The Labute approximate surface area is 126 Å². The molecule has 1 fully saturated rings. The van der Waals surface area contributed by atoms with E-state index >= 15 is 0 Å². The molecule has 2 N–H and O–H groups in total. The third-order valence-corrected chi connectivity index (χ3v) is 4.15. The number of benzene rings is 1. The van der Waals surface area contributed by atoms with Crippen molar-refractivity contribution in [3.63, 3.8) is 0 Å². The molecule has 1 aromatic heterocycles. The van der Waals surface area contributed by atoms with Crippen molar-refractivity contribution in [3.05, 3.63) is 34.5 Å². The lowest BCUT2D eigenvalue weighted by Crippen LogP contribution is -2.38. The van der Waals surface area contributed by atoms with Crippen molar-refractivity contribution in [2.75, 3.05) is 19.6 Å². The van der Waals surface area contributed by atoms with Crippen LogP contribution in [0, 0.1) is 5.92 Å². The first-order valence-corrected chi connectivity index (χ1v) is 7.70. The maximum absolute atomic E-state index is 12.1. The maximum atomic E-state index is 12.1. The Kier molecular flexibility index (Phi) is 4.08. The van der Waals surface area contributed by atoms with Gasteiger partial charge in [0.15, 0.2) is 5.76 Å². The molecule has 2 heterocycles. The fraction of sp³-hybridized carbons (Fsp3) is 0.400. The second-order valence-electron chi connectivity index (χ2n) is 5.22. The molecular weight excluding hydrogens is 320 g/mol. The van der Waals surface area contributed by atoms with Gasteiger partial charge in [-0.3, -0.25) is 4.79 Å². The summed E-state index contributed by atoms with van der Waals surface area (Å²) in [7, 11) is 0. The minimum atomic E-state index is -0.136. The highest BCUT2D eigenvalue weighted by molar-refractivity contribution is 9.10. The van der Waals surface area contributed by atoms with E-state index in [-0.39, 0.29) is 5.91 Å². The Balaban J connectivity index is 1.65. The second-order valence-corrected chi connectivity index (χ2v) is 6.13. The summed E-state index contributed by atoms with van der Waals surface area (Å²) in [6, 6.07) is 7.50. The fourth-order valence-electron chi connectivity index (χ4n) is 2.55. The van der Waals surface area contributed by atoms with Gasteiger partial charge in [-0.25, -0.2) is 0 Å². The zero-order valence-corrected chi connectivity index (χ0v) is 12.7. The fourth-order valence-corrected chi connectivity index (χ4v) is 2.93. The molecule has 1 aliphatic heterocycles. The number of hydrogen-bond donors (Lipinski definition) is 2. The van der Waals surface area contributed by atoms with E-state index in [1.54, 1.807) is 6.07 Å². The summed E-state index contributed by atoms with van der Waals surface area (Å²) in [4.78, 5) is 12.1. The normalized spacial score (nSPS) is 19.1. The molecule has 3 rings (SSSR count). The van der Waals surface area contributed by atoms with E-state index in [4.69, 9.17) is 4.42 Å². The Hall–Kier alpha value is -1.33. The van der Waals surface area contributed by atoms with Gasteiger partial charge >= 0.3 is 0 Å². The molecule has 0 saturated carbocycles. The lowest BCUT2D eigenvalue weighted by molar-refractivity contribution is 0.0919. The Morgan fingerprint density at radius 1 is 1.45 bits per heavy atom. The third-order valence-electron chi connectivity index (χ3n) is 3.65. The van der Waals surface area contributed by atoms with Gasteiger partial charge in [0.25, 0.3) is 5.91 Å². The number of halogens is 1. The Morgan fingerprint density at radius 2 is 2.35 bits per heavy atom. The van der Waals surface area contributed by atoms with Gasteiger partial charge in [0.1, 0.15) is 5.58 Å². The summed E-state index contributed by atoms with van der Waals surface area (Å²) in [5, 5.41) is 7.24. The summed E-state index contributed by atoms with van der Waals surface area (Å²) in [5.74, 6) is 0.760. The van der Waals surface area contributed by atoms with Gasteiger partial charge < -0.3 is 15.1 Å². The van der Waals surface area contributed by atoms with Crippen molar-refractivity contribution >= 4 is 32.8 Å². The van der Waals surface area contributed by atoms with Crippen molar-refractivity contribution in [1.29, 1.82) is 0 Å². The molecule has 1 aliphatic rings. The molecule has 1 saturated heterocycles. The molecule has 0 spiro atoms. The molecule has 1 atom stereocenters. The van der Waals surface area contributed by atoms with Gasteiger partial charge in [-0.1, -0.05) is 15.9 Å². The number of fused-ring (bicyclic) bond motifs is 1. The van der Waals surface area contributed by atoms with Gasteiger partial charge in [0.2, 0.25) is 0 Å². The third kappa shape index (κ3) is 3.04. The number of rotatable bonds is 3. The molecule has 1 amide bonds. The molecule has 5 heteroatoms. The maximum Gasteiger partial charge on any atom is 0.287 e. The summed E-state index contributed by atoms with van der Waals surface area (Å²) in [6.45, 7) is 2.77. The molecule has 20 heavy (non-hydrogen) atoms. The van der Waals surface area contributed by atoms with E-state index in [1.165, 1.54) is 12.8 Å². The predicted octanol–water partition coefficient (Wildman–Crippen LogP) is 2.92. The van der Waals surface area contributed by atoms with Crippen LogP contribution in [-0.2, 0) is 0 Å². The molecule has 1 aromatic carbocycles. The van der Waals surface area contributed by atoms with E-state index in [2.05, 4.69) is 26.6 Å². The minimum Gasteiger partial charge on any atom is -0.451 e. The first-order chi connectivity index (χ1) is 9.72. The topological polar surface area (TPSA) is 54.3 Å². The number of carbonyl (C=O) groups is 1. The van der Waals surface area contributed by atoms with Crippen molar-refractivity contribution in [2.45, 2.75) is 12.8 Å². The monoisotopic (exact) mass is 336 g/mol. The summed E-state index contributed by atoms with van der Waals surface area (Å²) < 4.78 is 6.55. The van der Waals surface area contributed by atoms with Crippen LogP contribution in [-0.4, -0.2) is 25.5 Å². The molecule has 0 aliphatic carbocycles. The summed E-state index contributed by atoms with van der Waals surface area (Å²) >= 11 is 3.41. The molecule has 2 aromatic rings. The number of piperidine rings is 1. The number of hydrogen-bond acceptors (Lipinski definition) is 3. The molecule has 4 nitrogen and oxygen atoms in total. The van der Waals surface area contributed by atoms with Crippen molar-refractivity contribution < 1.29 is 9.21 Å². The number of carbonyl (C=O) groups excluding carboxylic acids is 1. The molecule has 0 bridgehead atoms. The van der Waals surface area contributed by atoms with Crippen molar-refractivity contribution in [1.82, 2.24) is 10.6 Å². The number of amides is 1. The van der Waals surface area contributed by atoms with Gasteiger partial charge in [0.05, 0.1) is 0 Å². The van der Waals surface area contributed by atoms with Crippen LogP contribution in [0.15, 0.2) is 33.2 Å².